The van der Waals surface area contributed by atoms with Crippen LogP contribution in [-0.4, -0.2) is 31.8 Å². The highest BCUT2D eigenvalue weighted by atomic mass is 32.2. The number of benzene rings is 1. The lowest BCUT2D eigenvalue weighted by Gasteiger charge is -2.07. The van der Waals surface area contributed by atoms with Gasteiger partial charge in [-0.1, -0.05) is 12.1 Å². The molecule has 0 bridgehead atoms. The SMILES string of the molecule is CCOC(=O)c1oc2c3ccccc3n(C)c2c(=O)c1S(C)(=O)=O. The Hall–Kier alpha value is -2.61. The summed E-state index contributed by atoms with van der Waals surface area (Å²) in [5.74, 6) is -1.57. The molecule has 3 aromatic rings. The standard InChI is InChI=1S/C16H15NO6S/c1-4-22-16(19)14-15(24(3,20)21)12(18)11-13(23-14)9-7-5-6-8-10(9)17(11)2/h5-8H,4H2,1-3H3. The fraction of sp³-hybridized carbons (Fsp3) is 0.250. The van der Waals surface area contributed by atoms with Gasteiger partial charge in [0.15, 0.2) is 20.3 Å². The van der Waals surface area contributed by atoms with E-state index >= 15 is 0 Å². The first kappa shape index (κ1) is 16.3. The van der Waals surface area contributed by atoms with Gasteiger partial charge in [0, 0.05) is 18.7 Å². The molecule has 0 atom stereocenters. The quantitative estimate of drug-likeness (QED) is 0.670. The van der Waals surface area contributed by atoms with E-state index in [-0.39, 0.29) is 17.7 Å². The van der Waals surface area contributed by atoms with Crippen molar-refractivity contribution in [1.29, 1.82) is 0 Å². The number of rotatable bonds is 3. The highest BCUT2D eigenvalue weighted by molar-refractivity contribution is 7.90. The van der Waals surface area contributed by atoms with Gasteiger partial charge in [0.1, 0.15) is 5.52 Å². The molecule has 0 aliphatic rings. The molecular formula is C16H15NO6S. The fourth-order valence-corrected chi connectivity index (χ4v) is 3.64. The molecule has 2 heterocycles. The largest absolute Gasteiger partial charge is 0.460 e. The van der Waals surface area contributed by atoms with Crippen LogP contribution >= 0.6 is 0 Å². The Morgan fingerprint density at radius 2 is 1.96 bits per heavy atom. The van der Waals surface area contributed by atoms with Crippen LogP contribution in [0.4, 0.5) is 0 Å². The topological polar surface area (TPSA) is 95.6 Å². The van der Waals surface area contributed by atoms with Gasteiger partial charge < -0.3 is 13.7 Å². The van der Waals surface area contributed by atoms with Gasteiger partial charge >= 0.3 is 5.97 Å². The van der Waals surface area contributed by atoms with E-state index in [1.165, 1.54) is 0 Å². The van der Waals surface area contributed by atoms with Crippen LogP contribution in [0, 0.1) is 0 Å². The summed E-state index contributed by atoms with van der Waals surface area (Å²) >= 11 is 0. The summed E-state index contributed by atoms with van der Waals surface area (Å²) in [4.78, 5) is 24.3. The Bertz CT molecular complexity index is 1140. The average molecular weight is 349 g/mol. The monoisotopic (exact) mass is 349 g/mol. The summed E-state index contributed by atoms with van der Waals surface area (Å²) in [6, 6.07) is 7.05. The second-order valence-electron chi connectivity index (χ2n) is 5.34. The molecule has 8 heteroatoms. The third-order valence-corrected chi connectivity index (χ3v) is 4.84. The molecule has 0 fully saturated rings. The van der Waals surface area contributed by atoms with E-state index in [0.29, 0.717) is 10.9 Å². The van der Waals surface area contributed by atoms with Gasteiger partial charge in [-0.3, -0.25) is 4.79 Å². The van der Waals surface area contributed by atoms with E-state index in [0.717, 1.165) is 6.26 Å². The maximum absolute atomic E-state index is 12.8. The number of hydrogen-bond acceptors (Lipinski definition) is 6. The first-order valence-corrected chi connectivity index (χ1v) is 9.08. The van der Waals surface area contributed by atoms with E-state index in [2.05, 4.69) is 0 Å². The smallest absolute Gasteiger partial charge is 0.375 e. The number of esters is 1. The molecule has 0 aliphatic carbocycles. The van der Waals surface area contributed by atoms with Crippen LogP contribution in [0.1, 0.15) is 17.5 Å². The maximum Gasteiger partial charge on any atom is 0.375 e. The molecule has 0 aliphatic heterocycles. The zero-order valence-electron chi connectivity index (χ0n) is 13.3. The van der Waals surface area contributed by atoms with E-state index in [4.69, 9.17) is 9.15 Å². The number of nitrogens with zero attached hydrogens (tertiary/aromatic N) is 1. The van der Waals surface area contributed by atoms with E-state index in [1.807, 2.05) is 0 Å². The number of fused-ring (bicyclic) bond motifs is 3. The van der Waals surface area contributed by atoms with Gasteiger partial charge in [-0.2, -0.15) is 0 Å². The molecule has 0 amide bonds. The minimum absolute atomic E-state index is 0.0271. The van der Waals surface area contributed by atoms with Crippen molar-refractivity contribution in [3.8, 4) is 0 Å². The van der Waals surface area contributed by atoms with E-state index in [9.17, 15) is 18.0 Å². The number of para-hydroxylation sites is 1. The molecule has 0 unspecified atom stereocenters. The molecule has 0 spiro atoms. The lowest BCUT2D eigenvalue weighted by molar-refractivity contribution is 0.0483. The molecule has 0 N–H and O–H groups in total. The van der Waals surface area contributed by atoms with Crippen molar-refractivity contribution < 1.29 is 22.4 Å². The van der Waals surface area contributed by atoms with Crippen LogP contribution in [0.5, 0.6) is 0 Å². The summed E-state index contributed by atoms with van der Waals surface area (Å²) < 4.78 is 36.1. The number of carbonyl (C=O) groups is 1. The van der Waals surface area contributed by atoms with Crippen molar-refractivity contribution in [2.45, 2.75) is 11.8 Å². The minimum atomic E-state index is -3.99. The van der Waals surface area contributed by atoms with Crippen LogP contribution in [0.3, 0.4) is 0 Å². The molecule has 1 aromatic carbocycles. The zero-order chi connectivity index (χ0) is 17.6. The van der Waals surface area contributed by atoms with Gasteiger partial charge in [-0.15, -0.1) is 0 Å². The van der Waals surface area contributed by atoms with E-state index < -0.39 is 31.9 Å². The first-order valence-electron chi connectivity index (χ1n) is 7.18. The van der Waals surface area contributed by atoms with Crippen LogP contribution in [0.15, 0.2) is 38.4 Å². The molecule has 0 saturated carbocycles. The summed E-state index contributed by atoms with van der Waals surface area (Å²) in [5.41, 5.74) is 0.160. The Labute approximate surface area is 137 Å². The van der Waals surface area contributed by atoms with Crippen LogP contribution < -0.4 is 5.43 Å². The van der Waals surface area contributed by atoms with Gasteiger partial charge in [0.05, 0.1) is 12.1 Å². The predicted molar refractivity (Wildman–Crippen MR) is 88.0 cm³/mol. The second-order valence-corrected chi connectivity index (χ2v) is 7.29. The zero-order valence-corrected chi connectivity index (χ0v) is 14.1. The lowest BCUT2D eigenvalue weighted by Crippen LogP contribution is -2.22. The number of aryl methyl sites for hydroxylation is 1. The van der Waals surface area contributed by atoms with Gasteiger partial charge in [0.25, 0.3) is 0 Å². The van der Waals surface area contributed by atoms with Crippen molar-refractivity contribution in [1.82, 2.24) is 4.57 Å². The average Bonchev–Trinajstić information content (AvgIpc) is 2.80. The number of hydrogen-bond donors (Lipinski definition) is 0. The van der Waals surface area contributed by atoms with Crippen molar-refractivity contribution in [3.05, 3.63) is 40.2 Å². The Morgan fingerprint density at radius 3 is 2.58 bits per heavy atom. The van der Waals surface area contributed by atoms with Crippen LogP contribution in [0.2, 0.25) is 0 Å². The number of ether oxygens (including phenoxy) is 1. The highest BCUT2D eigenvalue weighted by Gasteiger charge is 2.30. The van der Waals surface area contributed by atoms with Crippen molar-refractivity contribution >= 4 is 37.8 Å². The summed E-state index contributed by atoms with van der Waals surface area (Å²) in [5, 5.41) is 0.609. The van der Waals surface area contributed by atoms with Gasteiger partial charge in [0.2, 0.25) is 11.2 Å². The van der Waals surface area contributed by atoms with Gasteiger partial charge in [-0.25, -0.2) is 13.2 Å². The Morgan fingerprint density at radius 1 is 1.29 bits per heavy atom. The lowest BCUT2D eigenvalue weighted by atomic mass is 10.2. The molecule has 7 nitrogen and oxygen atoms in total. The molecule has 0 saturated heterocycles. The third kappa shape index (κ3) is 2.30. The highest BCUT2D eigenvalue weighted by Crippen LogP contribution is 2.29. The van der Waals surface area contributed by atoms with Crippen LogP contribution in [-0.2, 0) is 21.6 Å². The molecule has 24 heavy (non-hydrogen) atoms. The van der Waals surface area contributed by atoms with Crippen molar-refractivity contribution in [2.24, 2.45) is 7.05 Å². The summed E-state index contributed by atoms with van der Waals surface area (Å²) in [6.07, 6.45) is 0.858. The third-order valence-electron chi connectivity index (χ3n) is 3.72. The molecule has 3 rings (SSSR count). The van der Waals surface area contributed by atoms with E-state index in [1.54, 1.807) is 42.8 Å². The molecule has 126 valence electrons. The summed E-state index contributed by atoms with van der Waals surface area (Å²) in [6.45, 7) is 1.60. The van der Waals surface area contributed by atoms with Crippen LogP contribution in [0.25, 0.3) is 22.0 Å². The molecule has 2 aromatic heterocycles. The maximum atomic E-state index is 12.8. The predicted octanol–water partition coefficient (Wildman–Crippen LogP) is 1.86. The molecular weight excluding hydrogens is 334 g/mol. The normalized spacial score (nSPS) is 12.0. The number of aromatic nitrogens is 1. The molecule has 0 radical (unpaired) electrons. The first-order chi connectivity index (χ1) is 11.3. The number of sulfone groups is 1. The number of carbonyl (C=O) groups excluding carboxylic acids is 1. The summed E-state index contributed by atoms with van der Waals surface area (Å²) in [7, 11) is -2.36. The Kier molecular flexibility index (Phi) is 3.71. The van der Waals surface area contributed by atoms with Gasteiger partial charge in [-0.05, 0) is 19.1 Å². The fourth-order valence-electron chi connectivity index (χ4n) is 2.74. The van der Waals surface area contributed by atoms with Crippen molar-refractivity contribution in [2.75, 3.05) is 12.9 Å². The Balaban J connectivity index is 2.57. The second kappa shape index (κ2) is 5.48. The van der Waals surface area contributed by atoms with Crippen molar-refractivity contribution in [3.63, 3.8) is 0 Å². The minimum Gasteiger partial charge on any atom is -0.460 e.